The van der Waals surface area contributed by atoms with E-state index in [-0.39, 0.29) is 17.4 Å². The number of halogens is 1. The van der Waals surface area contributed by atoms with Gasteiger partial charge in [0.05, 0.1) is 0 Å². The number of hydrogen-bond donors (Lipinski definition) is 1. The van der Waals surface area contributed by atoms with Gasteiger partial charge < -0.3 is 9.84 Å². The van der Waals surface area contributed by atoms with E-state index in [1.165, 1.54) is 23.8 Å². The zero-order valence-electron chi connectivity index (χ0n) is 12.5. The molecule has 0 bridgehead atoms. The van der Waals surface area contributed by atoms with Gasteiger partial charge in [-0.2, -0.15) is 0 Å². The predicted octanol–water partition coefficient (Wildman–Crippen LogP) is 3.72. The molecule has 0 spiro atoms. The lowest BCUT2D eigenvalue weighted by Gasteiger charge is -2.03. The Morgan fingerprint density at radius 1 is 1.13 bits per heavy atom. The molecule has 0 radical (unpaired) electrons. The molecule has 5 heteroatoms. The molecular formula is C18H15FN2O2. The molecule has 0 aliphatic rings. The van der Waals surface area contributed by atoms with E-state index < -0.39 is 0 Å². The van der Waals surface area contributed by atoms with Crippen LogP contribution in [0.5, 0.6) is 0 Å². The Labute approximate surface area is 132 Å². The highest BCUT2D eigenvalue weighted by Gasteiger charge is 2.13. The Balaban J connectivity index is 1.66. The maximum absolute atomic E-state index is 12.9. The third kappa shape index (κ3) is 3.63. The van der Waals surface area contributed by atoms with Crippen LogP contribution in [0.4, 0.5) is 4.39 Å². The molecule has 0 saturated carbocycles. The van der Waals surface area contributed by atoms with Crippen LogP contribution < -0.4 is 5.32 Å². The van der Waals surface area contributed by atoms with Gasteiger partial charge in [-0.25, -0.2) is 4.39 Å². The maximum atomic E-state index is 12.9. The molecule has 2 aromatic carbocycles. The minimum atomic E-state index is -0.329. The van der Waals surface area contributed by atoms with Crippen molar-refractivity contribution >= 4 is 5.91 Å². The highest BCUT2D eigenvalue weighted by molar-refractivity contribution is 5.93. The van der Waals surface area contributed by atoms with Crippen LogP contribution in [-0.2, 0) is 6.54 Å². The minimum absolute atomic E-state index is 0.191. The Hall–Kier alpha value is -2.95. The quantitative estimate of drug-likeness (QED) is 0.799. The van der Waals surface area contributed by atoms with Crippen molar-refractivity contribution in [2.75, 3.05) is 0 Å². The molecule has 4 nitrogen and oxygen atoms in total. The summed E-state index contributed by atoms with van der Waals surface area (Å²) in [6.07, 6.45) is 0. The zero-order valence-corrected chi connectivity index (χ0v) is 12.5. The molecule has 0 fully saturated rings. The number of amides is 1. The molecule has 0 atom stereocenters. The van der Waals surface area contributed by atoms with E-state index in [9.17, 15) is 9.18 Å². The molecule has 3 aromatic rings. The molecule has 0 aliphatic carbocycles. The highest BCUT2D eigenvalue weighted by Crippen LogP contribution is 2.20. The van der Waals surface area contributed by atoms with Crippen molar-refractivity contribution in [3.63, 3.8) is 0 Å². The second-order valence-electron chi connectivity index (χ2n) is 5.25. The van der Waals surface area contributed by atoms with E-state index in [0.717, 1.165) is 5.56 Å². The first-order valence-electron chi connectivity index (χ1n) is 7.18. The number of benzene rings is 2. The molecule has 23 heavy (non-hydrogen) atoms. The summed E-state index contributed by atoms with van der Waals surface area (Å²) in [7, 11) is 0. The smallest absolute Gasteiger partial charge is 0.273 e. The molecule has 3 rings (SSSR count). The standard InChI is InChI=1S/C18H15FN2O2/c1-12-2-4-13(5-3-12)11-20-18(22)16-10-17(23-21-16)14-6-8-15(19)9-7-14/h2-10H,11H2,1H3,(H,20,22). The van der Waals surface area contributed by atoms with Crippen molar-refractivity contribution in [1.82, 2.24) is 10.5 Å². The SMILES string of the molecule is Cc1ccc(CNC(=O)c2cc(-c3ccc(F)cc3)on2)cc1. The largest absolute Gasteiger partial charge is 0.355 e. The Morgan fingerprint density at radius 2 is 1.83 bits per heavy atom. The lowest BCUT2D eigenvalue weighted by atomic mass is 10.1. The molecule has 116 valence electrons. The molecule has 1 heterocycles. The van der Waals surface area contributed by atoms with Crippen LogP contribution in [0.25, 0.3) is 11.3 Å². The first kappa shape index (κ1) is 15.0. The average Bonchev–Trinajstić information content (AvgIpc) is 3.05. The Morgan fingerprint density at radius 3 is 2.52 bits per heavy atom. The van der Waals surface area contributed by atoms with Crippen molar-refractivity contribution in [3.05, 3.63) is 77.2 Å². The van der Waals surface area contributed by atoms with Gasteiger partial charge >= 0.3 is 0 Å². The molecule has 0 aliphatic heterocycles. The first-order valence-corrected chi connectivity index (χ1v) is 7.18. The van der Waals surface area contributed by atoms with Gasteiger partial charge in [0.15, 0.2) is 11.5 Å². The van der Waals surface area contributed by atoms with E-state index in [1.807, 2.05) is 31.2 Å². The minimum Gasteiger partial charge on any atom is -0.355 e. The zero-order chi connectivity index (χ0) is 16.2. The van der Waals surface area contributed by atoms with Gasteiger partial charge in [-0.1, -0.05) is 35.0 Å². The van der Waals surface area contributed by atoms with Crippen LogP contribution in [0.15, 0.2) is 59.1 Å². The van der Waals surface area contributed by atoms with Gasteiger partial charge in [0.2, 0.25) is 0 Å². The number of hydrogen-bond acceptors (Lipinski definition) is 3. The number of carbonyl (C=O) groups excluding carboxylic acids is 1. The van der Waals surface area contributed by atoms with Gasteiger partial charge in [0, 0.05) is 18.2 Å². The fourth-order valence-corrected chi connectivity index (χ4v) is 2.11. The van der Waals surface area contributed by atoms with Gasteiger partial charge in [-0.3, -0.25) is 4.79 Å². The molecule has 1 N–H and O–H groups in total. The summed E-state index contributed by atoms with van der Waals surface area (Å²) < 4.78 is 18.1. The summed E-state index contributed by atoms with van der Waals surface area (Å²) in [4.78, 5) is 12.1. The maximum Gasteiger partial charge on any atom is 0.273 e. The summed E-state index contributed by atoms with van der Waals surface area (Å²) >= 11 is 0. The normalized spacial score (nSPS) is 10.5. The number of aromatic nitrogens is 1. The van der Waals surface area contributed by atoms with E-state index >= 15 is 0 Å². The summed E-state index contributed by atoms with van der Waals surface area (Å²) in [5, 5.41) is 6.55. The monoisotopic (exact) mass is 310 g/mol. The van der Waals surface area contributed by atoms with Crippen molar-refractivity contribution in [2.45, 2.75) is 13.5 Å². The second kappa shape index (κ2) is 6.44. The first-order chi connectivity index (χ1) is 11.1. The summed E-state index contributed by atoms with van der Waals surface area (Å²) in [6, 6.07) is 15.2. The number of rotatable bonds is 4. The molecule has 0 unspecified atom stereocenters. The van der Waals surface area contributed by atoms with E-state index in [1.54, 1.807) is 12.1 Å². The lowest BCUT2D eigenvalue weighted by molar-refractivity contribution is 0.0942. The highest BCUT2D eigenvalue weighted by atomic mass is 19.1. The fraction of sp³-hybridized carbons (Fsp3) is 0.111. The van der Waals surface area contributed by atoms with Crippen molar-refractivity contribution < 1.29 is 13.7 Å². The Bertz CT molecular complexity index is 808. The van der Waals surface area contributed by atoms with Crippen molar-refractivity contribution in [3.8, 4) is 11.3 Å². The summed E-state index contributed by atoms with van der Waals surface area (Å²) in [6.45, 7) is 2.42. The van der Waals surface area contributed by atoms with Crippen LogP contribution in [0, 0.1) is 12.7 Å². The Kier molecular flexibility index (Phi) is 4.19. The van der Waals surface area contributed by atoms with E-state index in [0.29, 0.717) is 17.9 Å². The van der Waals surface area contributed by atoms with Crippen LogP contribution in [0.3, 0.4) is 0 Å². The topological polar surface area (TPSA) is 55.1 Å². The van der Waals surface area contributed by atoms with Crippen LogP contribution in [0.2, 0.25) is 0 Å². The predicted molar refractivity (Wildman–Crippen MR) is 84.2 cm³/mol. The number of carbonyl (C=O) groups is 1. The molecule has 1 aromatic heterocycles. The van der Waals surface area contributed by atoms with E-state index in [4.69, 9.17) is 4.52 Å². The number of nitrogens with one attached hydrogen (secondary N) is 1. The second-order valence-corrected chi connectivity index (χ2v) is 5.25. The van der Waals surface area contributed by atoms with Gasteiger partial charge in [-0.05, 0) is 36.8 Å². The van der Waals surface area contributed by atoms with Crippen molar-refractivity contribution in [2.24, 2.45) is 0 Å². The fourth-order valence-electron chi connectivity index (χ4n) is 2.11. The number of nitrogens with zero attached hydrogens (tertiary/aromatic N) is 1. The summed E-state index contributed by atoms with van der Waals surface area (Å²) in [5.74, 6) is -0.225. The van der Waals surface area contributed by atoms with Gasteiger partial charge in [0.1, 0.15) is 5.82 Å². The lowest BCUT2D eigenvalue weighted by Crippen LogP contribution is -2.22. The van der Waals surface area contributed by atoms with Gasteiger partial charge in [-0.15, -0.1) is 0 Å². The van der Waals surface area contributed by atoms with E-state index in [2.05, 4.69) is 10.5 Å². The van der Waals surface area contributed by atoms with Crippen molar-refractivity contribution in [1.29, 1.82) is 0 Å². The third-order valence-corrected chi connectivity index (χ3v) is 3.45. The third-order valence-electron chi connectivity index (χ3n) is 3.45. The molecule has 0 saturated heterocycles. The number of aryl methyl sites for hydroxylation is 1. The molecular weight excluding hydrogens is 295 g/mol. The van der Waals surface area contributed by atoms with Crippen LogP contribution in [0.1, 0.15) is 21.6 Å². The van der Waals surface area contributed by atoms with Crippen LogP contribution >= 0.6 is 0 Å². The summed E-state index contributed by atoms with van der Waals surface area (Å²) in [5.41, 5.74) is 3.03. The van der Waals surface area contributed by atoms with Gasteiger partial charge in [0.25, 0.3) is 5.91 Å². The molecule has 1 amide bonds. The average molecular weight is 310 g/mol. The van der Waals surface area contributed by atoms with Crippen LogP contribution in [-0.4, -0.2) is 11.1 Å².